The minimum absolute atomic E-state index is 0.151. The molecule has 6 nitrogen and oxygen atoms in total. The number of carbonyl (C=O) groups is 2. The quantitative estimate of drug-likeness (QED) is 0.337. The summed E-state index contributed by atoms with van der Waals surface area (Å²) >= 11 is 6.07. The number of benzene rings is 2. The number of unbranched alkanes of at least 4 members (excludes halogenated alkanes) is 1. The van der Waals surface area contributed by atoms with Crippen LogP contribution in [0.2, 0.25) is 5.02 Å². The van der Waals surface area contributed by atoms with Crippen molar-refractivity contribution < 1.29 is 24.2 Å². The van der Waals surface area contributed by atoms with Gasteiger partial charge in [-0.05, 0) is 61.4 Å². The molecule has 174 valence electrons. The van der Waals surface area contributed by atoms with Gasteiger partial charge in [0.1, 0.15) is 0 Å². The van der Waals surface area contributed by atoms with Crippen molar-refractivity contribution in [2.45, 2.75) is 51.5 Å². The maximum Gasteiger partial charge on any atom is 0.408 e. The van der Waals surface area contributed by atoms with Crippen molar-refractivity contribution in [3.63, 3.8) is 0 Å². The van der Waals surface area contributed by atoms with Crippen molar-refractivity contribution in [1.82, 2.24) is 5.32 Å². The third-order valence-corrected chi connectivity index (χ3v) is 5.42. The van der Waals surface area contributed by atoms with Gasteiger partial charge in [0.2, 0.25) is 0 Å². The number of ether oxygens (including phenoxy) is 2. The van der Waals surface area contributed by atoms with Gasteiger partial charge < -0.3 is 19.9 Å². The van der Waals surface area contributed by atoms with E-state index in [1.807, 2.05) is 55.5 Å². The Hall–Kier alpha value is -2.57. The number of carbonyl (C=O) groups excluding carboxylic acids is 2. The van der Waals surface area contributed by atoms with E-state index in [2.05, 4.69) is 5.32 Å². The molecule has 0 aliphatic heterocycles. The summed E-state index contributed by atoms with van der Waals surface area (Å²) in [5, 5.41) is 13.2. The van der Waals surface area contributed by atoms with Crippen LogP contribution in [0.25, 0.3) is 11.1 Å². The second-order valence-electron chi connectivity index (χ2n) is 7.64. The fourth-order valence-electron chi connectivity index (χ4n) is 3.33. The predicted molar refractivity (Wildman–Crippen MR) is 126 cm³/mol. The van der Waals surface area contributed by atoms with Crippen molar-refractivity contribution in [1.29, 1.82) is 0 Å². The number of nitrogens with one attached hydrogen (secondary N) is 1. The van der Waals surface area contributed by atoms with E-state index in [0.29, 0.717) is 17.9 Å². The Labute approximate surface area is 194 Å². The molecule has 0 heterocycles. The third-order valence-electron chi connectivity index (χ3n) is 5.19. The van der Waals surface area contributed by atoms with Gasteiger partial charge in [-0.1, -0.05) is 61.3 Å². The largest absolute Gasteiger partial charge is 0.464 e. The number of halogens is 1. The van der Waals surface area contributed by atoms with E-state index in [1.165, 1.54) is 0 Å². The molecule has 2 aromatic rings. The highest BCUT2D eigenvalue weighted by Gasteiger charge is 2.41. The van der Waals surface area contributed by atoms with E-state index in [4.69, 9.17) is 21.1 Å². The van der Waals surface area contributed by atoms with Gasteiger partial charge in [0.25, 0.3) is 0 Å². The monoisotopic (exact) mass is 461 g/mol. The normalized spacial score (nSPS) is 12.6. The minimum atomic E-state index is -1.53. The number of esters is 1. The Bertz CT molecular complexity index is 871. The third kappa shape index (κ3) is 7.53. The van der Waals surface area contributed by atoms with E-state index in [0.717, 1.165) is 29.5 Å². The summed E-state index contributed by atoms with van der Waals surface area (Å²) in [4.78, 5) is 24.7. The van der Waals surface area contributed by atoms with E-state index in [9.17, 15) is 14.7 Å². The zero-order valence-corrected chi connectivity index (χ0v) is 19.5. The van der Waals surface area contributed by atoms with Crippen LogP contribution in [0.4, 0.5) is 4.79 Å². The molecule has 2 aromatic carbocycles. The Morgan fingerprint density at radius 3 is 2.41 bits per heavy atom. The minimum Gasteiger partial charge on any atom is -0.464 e. The van der Waals surface area contributed by atoms with Crippen LogP contribution in [-0.4, -0.2) is 42.5 Å². The summed E-state index contributed by atoms with van der Waals surface area (Å²) in [6.45, 7) is 3.51. The van der Waals surface area contributed by atoms with Crippen LogP contribution in [-0.2, 0) is 20.7 Å². The van der Waals surface area contributed by atoms with Gasteiger partial charge in [0.15, 0.2) is 5.54 Å². The summed E-state index contributed by atoms with van der Waals surface area (Å²) < 4.78 is 10.2. The second kappa shape index (κ2) is 13.1. The molecule has 2 N–H and O–H groups in total. The molecule has 0 radical (unpaired) electrons. The van der Waals surface area contributed by atoms with E-state index >= 15 is 0 Å². The molecule has 0 aliphatic carbocycles. The fourth-order valence-corrected chi connectivity index (χ4v) is 3.53. The SMILES string of the molecule is CCCCOC(=O)NC(CO)(CCCc1ccc(-c2cccc(Cl)c2)cc1)C(=O)OCC. The predicted octanol–water partition coefficient (Wildman–Crippen LogP) is 5.15. The highest BCUT2D eigenvalue weighted by Crippen LogP contribution is 2.24. The molecule has 0 aliphatic rings. The Balaban J connectivity index is 2.02. The van der Waals surface area contributed by atoms with Crippen LogP contribution in [0.5, 0.6) is 0 Å². The molecule has 1 amide bonds. The van der Waals surface area contributed by atoms with Crippen LogP contribution >= 0.6 is 11.6 Å². The molecule has 0 saturated heterocycles. The highest BCUT2D eigenvalue weighted by atomic mass is 35.5. The Morgan fingerprint density at radius 1 is 1.03 bits per heavy atom. The number of hydrogen-bond donors (Lipinski definition) is 2. The van der Waals surface area contributed by atoms with Crippen molar-refractivity contribution >= 4 is 23.7 Å². The number of amides is 1. The molecule has 0 aromatic heterocycles. The van der Waals surface area contributed by atoms with Gasteiger partial charge in [-0.2, -0.15) is 0 Å². The summed E-state index contributed by atoms with van der Waals surface area (Å²) in [5.74, 6) is -0.661. The number of rotatable bonds is 12. The van der Waals surface area contributed by atoms with Crippen molar-refractivity contribution in [2.24, 2.45) is 0 Å². The van der Waals surface area contributed by atoms with Crippen molar-refractivity contribution in [3.8, 4) is 11.1 Å². The van der Waals surface area contributed by atoms with Crippen molar-refractivity contribution in [3.05, 3.63) is 59.1 Å². The molecule has 0 bridgehead atoms. The lowest BCUT2D eigenvalue weighted by molar-refractivity contribution is -0.153. The average Bonchev–Trinajstić information content (AvgIpc) is 2.79. The Morgan fingerprint density at radius 2 is 1.78 bits per heavy atom. The molecule has 0 fully saturated rings. The highest BCUT2D eigenvalue weighted by molar-refractivity contribution is 6.30. The summed E-state index contributed by atoms with van der Waals surface area (Å²) in [6.07, 6.45) is 2.33. The zero-order chi connectivity index (χ0) is 23.4. The number of aliphatic hydroxyl groups is 1. The van der Waals surface area contributed by atoms with Crippen LogP contribution in [0.15, 0.2) is 48.5 Å². The molecular formula is C25H32ClNO5. The number of aliphatic hydroxyl groups excluding tert-OH is 1. The van der Waals surface area contributed by atoms with Gasteiger partial charge >= 0.3 is 12.1 Å². The zero-order valence-electron chi connectivity index (χ0n) is 18.7. The first-order valence-electron chi connectivity index (χ1n) is 11.0. The second-order valence-corrected chi connectivity index (χ2v) is 8.07. The van der Waals surface area contributed by atoms with Gasteiger partial charge in [-0.3, -0.25) is 0 Å². The summed E-state index contributed by atoms with van der Waals surface area (Å²) in [6, 6.07) is 15.8. The number of alkyl carbamates (subject to hydrolysis) is 1. The molecule has 0 saturated carbocycles. The molecule has 7 heteroatoms. The standard InChI is InChI=1S/C25H32ClNO5/c1-3-5-16-32-24(30)27-25(18-28,23(29)31-4-2)15-7-8-19-11-13-20(14-12-19)21-9-6-10-22(26)17-21/h6,9-14,17,28H,3-5,7-8,15-16,18H2,1-2H3,(H,27,30). The van der Waals surface area contributed by atoms with Crippen LogP contribution in [0, 0.1) is 0 Å². The smallest absolute Gasteiger partial charge is 0.408 e. The van der Waals surface area contributed by atoms with Crippen molar-refractivity contribution in [2.75, 3.05) is 19.8 Å². The van der Waals surface area contributed by atoms with E-state index in [1.54, 1.807) is 6.92 Å². The maximum atomic E-state index is 12.6. The van der Waals surface area contributed by atoms with Gasteiger partial charge in [0.05, 0.1) is 19.8 Å². The number of hydrogen-bond acceptors (Lipinski definition) is 5. The first kappa shape index (κ1) is 25.7. The molecule has 2 rings (SSSR count). The molecule has 1 unspecified atom stereocenters. The molecule has 1 atom stereocenters. The topological polar surface area (TPSA) is 84.9 Å². The van der Waals surface area contributed by atoms with Gasteiger partial charge in [0, 0.05) is 5.02 Å². The average molecular weight is 462 g/mol. The van der Waals surface area contributed by atoms with E-state index < -0.39 is 24.2 Å². The summed E-state index contributed by atoms with van der Waals surface area (Å²) in [5.41, 5.74) is 1.65. The lowest BCUT2D eigenvalue weighted by Crippen LogP contribution is -2.58. The maximum absolute atomic E-state index is 12.6. The van der Waals surface area contributed by atoms with E-state index in [-0.39, 0.29) is 19.6 Å². The Kier molecular flexibility index (Phi) is 10.5. The molecular weight excluding hydrogens is 430 g/mol. The lowest BCUT2D eigenvalue weighted by Gasteiger charge is -2.30. The molecule has 32 heavy (non-hydrogen) atoms. The van der Waals surface area contributed by atoms with Gasteiger partial charge in [-0.25, -0.2) is 9.59 Å². The van der Waals surface area contributed by atoms with Gasteiger partial charge in [-0.15, -0.1) is 0 Å². The summed E-state index contributed by atoms with van der Waals surface area (Å²) in [7, 11) is 0. The molecule has 0 spiro atoms. The first-order valence-corrected chi connectivity index (χ1v) is 11.4. The van der Waals surface area contributed by atoms with Crippen LogP contribution in [0.1, 0.15) is 45.1 Å². The van der Waals surface area contributed by atoms with Crippen LogP contribution < -0.4 is 5.32 Å². The fraction of sp³-hybridized carbons (Fsp3) is 0.440. The lowest BCUT2D eigenvalue weighted by atomic mass is 9.92. The number of aryl methyl sites for hydroxylation is 1. The first-order chi connectivity index (χ1) is 15.4. The van der Waals surface area contributed by atoms with Crippen LogP contribution in [0.3, 0.4) is 0 Å².